The van der Waals surface area contributed by atoms with Gasteiger partial charge in [0, 0.05) is 22.5 Å². The number of fused-ring (bicyclic) bond motifs is 1. The number of hydrogen-bond acceptors (Lipinski definition) is 2. The quantitative estimate of drug-likeness (QED) is 0.718. The van der Waals surface area contributed by atoms with Crippen LogP contribution >= 0.6 is 0 Å². The summed E-state index contributed by atoms with van der Waals surface area (Å²) in [6, 6.07) is 17.7. The van der Waals surface area contributed by atoms with E-state index in [0.29, 0.717) is 0 Å². The maximum Gasteiger partial charge on any atom is 0.123 e. The topological polar surface area (TPSA) is 32.3 Å². The van der Waals surface area contributed by atoms with Crippen LogP contribution in [0.1, 0.15) is 18.5 Å². The summed E-state index contributed by atoms with van der Waals surface area (Å²) in [5.74, 6) is 0.0197. The SMILES string of the molecule is CC(Nc1cccc2c(O)cccc12)c1cccc(F)c1. The van der Waals surface area contributed by atoms with E-state index in [-0.39, 0.29) is 17.6 Å². The fourth-order valence-electron chi connectivity index (χ4n) is 2.51. The smallest absolute Gasteiger partial charge is 0.123 e. The summed E-state index contributed by atoms with van der Waals surface area (Å²) in [4.78, 5) is 0. The van der Waals surface area contributed by atoms with E-state index in [4.69, 9.17) is 0 Å². The molecule has 0 saturated carbocycles. The molecule has 0 aliphatic heterocycles. The Bertz CT molecular complexity index is 785. The van der Waals surface area contributed by atoms with Gasteiger partial charge in [-0.25, -0.2) is 4.39 Å². The minimum absolute atomic E-state index is 0.0337. The number of nitrogens with one attached hydrogen (secondary N) is 1. The van der Waals surface area contributed by atoms with E-state index in [1.807, 2.05) is 43.3 Å². The summed E-state index contributed by atoms with van der Waals surface area (Å²) < 4.78 is 13.3. The monoisotopic (exact) mass is 281 g/mol. The molecule has 1 unspecified atom stereocenters. The van der Waals surface area contributed by atoms with Gasteiger partial charge in [-0.1, -0.05) is 36.4 Å². The molecule has 0 radical (unpaired) electrons. The van der Waals surface area contributed by atoms with Crippen molar-refractivity contribution >= 4 is 16.5 Å². The Hall–Kier alpha value is -2.55. The van der Waals surface area contributed by atoms with Crippen LogP contribution in [-0.4, -0.2) is 5.11 Å². The second-order valence-corrected chi connectivity index (χ2v) is 5.10. The lowest BCUT2D eigenvalue weighted by atomic mass is 10.0. The van der Waals surface area contributed by atoms with Crippen LogP contribution in [0.2, 0.25) is 0 Å². The average Bonchev–Trinajstić information content (AvgIpc) is 2.48. The molecule has 1 atom stereocenters. The fraction of sp³-hybridized carbons (Fsp3) is 0.111. The summed E-state index contributed by atoms with van der Waals surface area (Å²) in [5, 5.41) is 15.0. The van der Waals surface area contributed by atoms with Crippen LogP contribution in [0.15, 0.2) is 60.7 Å². The molecule has 3 aromatic carbocycles. The molecule has 3 heteroatoms. The number of phenolic OH excluding ortho intramolecular Hbond substituents is 1. The molecule has 3 aromatic rings. The first-order chi connectivity index (χ1) is 10.1. The summed E-state index contributed by atoms with van der Waals surface area (Å²) in [6.45, 7) is 1.98. The first-order valence-electron chi connectivity index (χ1n) is 6.88. The minimum atomic E-state index is -0.239. The molecule has 106 valence electrons. The van der Waals surface area contributed by atoms with E-state index in [9.17, 15) is 9.50 Å². The molecule has 0 aliphatic carbocycles. The zero-order valence-electron chi connectivity index (χ0n) is 11.7. The molecule has 0 amide bonds. The predicted molar refractivity (Wildman–Crippen MR) is 84.1 cm³/mol. The molecule has 0 aromatic heterocycles. The van der Waals surface area contributed by atoms with Crippen LogP contribution in [0.4, 0.5) is 10.1 Å². The predicted octanol–water partition coefficient (Wildman–Crippen LogP) is 4.86. The molecule has 21 heavy (non-hydrogen) atoms. The van der Waals surface area contributed by atoms with Gasteiger partial charge in [-0.3, -0.25) is 0 Å². The van der Waals surface area contributed by atoms with Gasteiger partial charge < -0.3 is 10.4 Å². The number of halogens is 1. The lowest BCUT2D eigenvalue weighted by Crippen LogP contribution is -2.07. The summed E-state index contributed by atoms with van der Waals surface area (Å²) in [5.41, 5.74) is 1.80. The van der Waals surface area contributed by atoms with Crippen molar-refractivity contribution in [2.24, 2.45) is 0 Å². The molecule has 0 bridgehead atoms. The molecule has 0 fully saturated rings. The van der Waals surface area contributed by atoms with E-state index in [1.54, 1.807) is 12.1 Å². The van der Waals surface area contributed by atoms with Gasteiger partial charge in [0.2, 0.25) is 0 Å². The number of hydrogen-bond donors (Lipinski definition) is 2. The van der Waals surface area contributed by atoms with Gasteiger partial charge in [0.15, 0.2) is 0 Å². The van der Waals surface area contributed by atoms with Crippen molar-refractivity contribution in [3.8, 4) is 5.75 Å². The van der Waals surface area contributed by atoms with Gasteiger partial charge in [-0.05, 0) is 36.8 Å². The van der Waals surface area contributed by atoms with Gasteiger partial charge >= 0.3 is 0 Å². The highest BCUT2D eigenvalue weighted by molar-refractivity contribution is 5.97. The van der Waals surface area contributed by atoms with Crippen LogP contribution in [0.3, 0.4) is 0 Å². The zero-order valence-corrected chi connectivity index (χ0v) is 11.7. The molecular formula is C18H16FNO. The molecule has 0 aliphatic rings. The van der Waals surface area contributed by atoms with Crippen molar-refractivity contribution in [3.63, 3.8) is 0 Å². The number of benzene rings is 3. The first-order valence-corrected chi connectivity index (χ1v) is 6.88. The van der Waals surface area contributed by atoms with Crippen molar-refractivity contribution in [3.05, 3.63) is 72.0 Å². The van der Waals surface area contributed by atoms with E-state index >= 15 is 0 Å². The molecular weight excluding hydrogens is 265 g/mol. The van der Waals surface area contributed by atoms with Crippen LogP contribution in [-0.2, 0) is 0 Å². The third-order valence-electron chi connectivity index (χ3n) is 3.62. The number of rotatable bonds is 3. The van der Waals surface area contributed by atoms with Crippen LogP contribution in [0, 0.1) is 5.82 Å². The molecule has 2 nitrogen and oxygen atoms in total. The normalized spacial score (nSPS) is 12.3. The Morgan fingerprint density at radius 1 is 0.952 bits per heavy atom. The van der Waals surface area contributed by atoms with E-state index in [2.05, 4.69) is 5.32 Å². The highest BCUT2D eigenvalue weighted by Gasteiger charge is 2.09. The number of phenols is 1. The summed E-state index contributed by atoms with van der Waals surface area (Å²) >= 11 is 0. The van der Waals surface area contributed by atoms with E-state index < -0.39 is 0 Å². The van der Waals surface area contributed by atoms with Crippen LogP contribution < -0.4 is 5.32 Å². The fourth-order valence-corrected chi connectivity index (χ4v) is 2.51. The van der Waals surface area contributed by atoms with Gasteiger partial charge in [-0.2, -0.15) is 0 Å². The molecule has 2 N–H and O–H groups in total. The molecule has 0 saturated heterocycles. The Morgan fingerprint density at radius 2 is 1.67 bits per heavy atom. The summed E-state index contributed by atoms with van der Waals surface area (Å²) in [6.07, 6.45) is 0. The standard InChI is InChI=1S/C18H16FNO/c1-12(13-5-2-6-14(19)11-13)20-17-9-3-8-16-15(17)7-4-10-18(16)21/h2-12,20-21H,1H3. The lowest BCUT2D eigenvalue weighted by molar-refractivity contribution is 0.481. The molecule has 0 heterocycles. The maximum absolute atomic E-state index is 13.3. The first kappa shape index (κ1) is 13.4. The average molecular weight is 281 g/mol. The van der Waals surface area contributed by atoms with E-state index in [1.165, 1.54) is 12.1 Å². The number of aromatic hydroxyl groups is 1. The Kier molecular flexibility index (Phi) is 3.48. The Labute approximate surface area is 122 Å². The van der Waals surface area contributed by atoms with Gasteiger partial charge in [0.1, 0.15) is 11.6 Å². The highest BCUT2D eigenvalue weighted by Crippen LogP contribution is 2.31. The van der Waals surface area contributed by atoms with Crippen molar-refractivity contribution in [1.29, 1.82) is 0 Å². The second kappa shape index (κ2) is 5.44. The van der Waals surface area contributed by atoms with E-state index in [0.717, 1.165) is 22.0 Å². The van der Waals surface area contributed by atoms with Gasteiger partial charge in [-0.15, -0.1) is 0 Å². The van der Waals surface area contributed by atoms with Crippen LogP contribution in [0.5, 0.6) is 5.75 Å². The lowest BCUT2D eigenvalue weighted by Gasteiger charge is -2.17. The summed E-state index contributed by atoms with van der Waals surface area (Å²) in [7, 11) is 0. The van der Waals surface area contributed by atoms with Crippen molar-refractivity contribution in [2.75, 3.05) is 5.32 Å². The highest BCUT2D eigenvalue weighted by atomic mass is 19.1. The van der Waals surface area contributed by atoms with Crippen molar-refractivity contribution in [2.45, 2.75) is 13.0 Å². The van der Waals surface area contributed by atoms with Crippen LogP contribution in [0.25, 0.3) is 10.8 Å². The third-order valence-corrected chi connectivity index (χ3v) is 3.62. The van der Waals surface area contributed by atoms with Gasteiger partial charge in [0.05, 0.1) is 0 Å². The minimum Gasteiger partial charge on any atom is -0.507 e. The van der Waals surface area contributed by atoms with Crippen molar-refractivity contribution < 1.29 is 9.50 Å². The third kappa shape index (κ3) is 2.68. The Balaban J connectivity index is 1.97. The van der Waals surface area contributed by atoms with Gasteiger partial charge in [0.25, 0.3) is 0 Å². The Morgan fingerprint density at radius 3 is 2.48 bits per heavy atom. The second-order valence-electron chi connectivity index (χ2n) is 5.10. The zero-order chi connectivity index (χ0) is 14.8. The molecule has 0 spiro atoms. The maximum atomic E-state index is 13.3. The van der Waals surface area contributed by atoms with Crippen molar-refractivity contribution in [1.82, 2.24) is 0 Å². The number of anilines is 1. The largest absolute Gasteiger partial charge is 0.507 e. The molecule has 3 rings (SSSR count).